The third-order valence-corrected chi connectivity index (χ3v) is 4.03. The molecule has 0 spiro atoms. The van der Waals surface area contributed by atoms with Crippen molar-refractivity contribution < 1.29 is 13.5 Å². The van der Waals surface area contributed by atoms with Gasteiger partial charge < -0.3 is 5.11 Å². The molecule has 0 unspecified atom stereocenters. The molecule has 0 aliphatic carbocycles. The van der Waals surface area contributed by atoms with Crippen LogP contribution in [0.25, 0.3) is 0 Å². The lowest BCUT2D eigenvalue weighted by molar-refractivity contribution is -0.0935. The van der Waals surface area contributed by atoms with Crippen LogP contribution >= 0.6 is 0 Å². The van der Waals surface area contributed by atoms with E-state index in [-0.39, 0.29) is 19.0 Å². The van der Waals surface area contributed by atoms with Crippen LogP contribution in [0.5, 0.6) is 0 Å². The number of aliphatic hydroxyl groups is 1. The SMILES string of the molecule is CNS(=O)(=O)N1CC(O)(C(C)C)C1. The Balaban J connectivity index is 2.60. The molecule has 0 radical (unpaired) electrons. The largest absolute Gasteiger partial charge is 0.387 e. The van der Waals surface area contributed by atoms with Gasteiger partial charge in [0.05, 0.1) is 5.60 Å². The molecule has 0 bridgehead atoms. The summed E-state index contributed by atoms with van der Waals surface area (Å²) in [5.41, 5.74) is -0.843. The maximum atomic E-state index is 11.2. The van der Waals surface area contributed by atoms with Crippen LogP contribution < -0.4 is 4.72 Å². The predicted molar refractivity (Wildman–Crippen MR) is 49.3 cm³/mol. The van der Waals surface area contributed by atoms with Crippen LogP contribution in [0.15, 0.2) is 0 Å². The zero-order chi connectivity index (χ0) is 10.3. The molecule has 0 aromatic carbocycles. The van der Waals surface area contributed by atoms with Crippen LogP contribution in [0.1, 0.15) is 13.8 Å². The first-order valence-electron chi connectivity index (χ1n) is 4.23. The highest BCUT2D eigenvalue weighted by atomic mass is 32.2. The average Bonchev–Trinajstić information content (AvgIpc) is 1.98. The van der Waals surface area contributed by atoms with Gasteiger partial charge in [0.15, 0.2) is 0 Å². The van der Waals surface area contributed by atoms with Gasteiger partial charge in [-0.2, -0.15) is 12.7 Å². The van der Waals surface area contributed by atoms with Gasteiger partial charge in [-0.3, -0.25) is 0 Å². The van der Waals surface area contributed by atoms with Gasteiger partial charge in [0, 0.05) is 20.1 Å². The van der Waals surface area contributed by atoms with Gasteiger partial charge in [-0.05, 0) is 5.92 Å². The van der Waals surface area contributed by atoms with Crippen LogP contribution in [0.4, 0.5) is 0 Å². The fourth-order valence-corrected chi connectivity index (χ4v) is 2.27. The van der Waals surface area contributed by atoms with Crippen LogP contribution in [-0.4, -0.2) is 43.6 Å². The molecule has 1 saturated heterocycles. The van der Waals surface area contributed by atoms with Gasteiger partial charge in [0.25, 0.3) is 10.2 Å². The molecule has 5 nitrogen and oxygen atoms in total. The summed E-state index contributed by atoms with van der Waals surface area (Å²) in [6.07, 6.45) is 0. The summed E-state index contributed by atoms with van der Waals surface area (Å²) in [5.74, 6) is 0.0795. The topological polar surface area (TPSA) is 69.6 Å². The normalized spacial score (nSPS) is 23.2. The molecule has 1 rings (SSSR count). The quantitative estimate of drug-likeness (QED) is 0.635. The summed E-state index contributed by atoms with van der Waals surface area (Å²) in [4.78, 5) is 0. The standard InChI is InChI=1S/C7H16N2O3S/c1-6(2)7(10)4-9(5-7)13(11,12)8-3/h6,8,10H,4-5H2,1-3H3. The first-order chi connectivity index (χ1) is 5.82. The average molecular weight is 208 g/mol. The number of β-amino-alcohol motifs (C(OH)–C–C–N with tert-alkyl or cyclic N) is 1. The Bertz CT molecular complexity index is 280. The summed E-state index contributed by atoms with van der Waals surface area (Å²) in [6, 6.07) is 0. The number of hydrogen-bond acceptors (Lipinski definition) is 3. The Hall–Kier alpha value is -0.170. The molecule has 2 N–H and O–H groups in total. The van der Waals surface area contributed by atoms with Crippen molar-refractivity contribution in [2.24, 2.45) is 5.92 Å². The molecule has 1 aliphatic rings. The molecule has 6 heteroatoms. The summed E-state index contributed by atoms with van der Waals surface area (Å²) < 4.78 is 25.8. The second kappa shape index (κ2) is 3.20. The van der Waals surface area contributed by atoms with E-state index in [1.807, 2.05) is 13.8 Å². The monoisotopic (exact) mass is 208 g/mol. The summed E-state index contributed by atoms with van der Waals surface area (Å²) in [5, 5.41) is 9.78. The number of hydrogen-bond donors (Lipinski definition) is 2. The predicted octanol–water partition coefficient (Wildman–Crippen LogP) is -0.847. The van der Waals surface area contributed by atoms with Crippen molar-refractivity contribution in [3.63, 3.8) is 0 Å². The van der Waals surface area contributed by atoms with Gasteiger partial charge in [-0.15, -0.1) is 0 Å². The molecule has 78 valence electrons. The Morgan fingerprint density at radius 3 is 2.23 bits per heavy atom. The first kappa shape index (κ1) is 10.9. The van der Waals surface area contributed by atoms with Crippen molar-refractivity contribution in [3.05, 3.63) is 0 Å². The Morgan fingerprint density at radius 1 is 1.46 bits per heavy atom. The Labute approximate surface area is 78.9 Å². The Kier molecular flexibility index (Phi) is 2.68. The lowest BCUT2D eigenvalue weighted by atomic mass is 9.85. The van der Waals surface area contributed by atoms with E-state index in [2.05, 4.69) is 4.72 Å². The third kappa shape index (κ3) is 1.85. The molecule has 0 aromatic rings. The van der Waals surface area contributed by atoms with E-state index in [9.17, 15) is 13.5 Å². The molecule has 1 heterocycles. The summed E-state index contributed by atoms with van der Waals surface area (Å²) in [6.45, 7) is 4.13. The van der Waals surface area contributed by atoms with E-state index in [1.54, 1.807) is 0 Å². The van der Waals surface area contributed by atoms with Crippen molar-refractivity contribution in [3.8, 4) is 0 Å². The summed E-state index contributed by atoms with van der Waals surface area (Å²) >= 11 is 0. The lowest BCUT2D eigenvalue weighted by Crippen LogP contribution is -2.67. The molecular formula is C7H16N2O3S. The molecule has 0 aromatic heterocycles. The molecule has 0 amide bonds. The fraction of sp³-hybridized carbons (Fsp3) is 1.00. The molecule has 13 heavy (non-hydrogen) atoms. The van der Waals surface area contributed by atoms with Crippen molar-refractivity contribution in [1.82, 2.24) is 9.03 Å². The molecule has 0 saturated carbocycles. The third-order valence-electron chi connectivity index (χ3n) is 2.57. The smallest absolute Gasteiger partial charge is 0.279 e. The van der Waals surface area contributed by atoms with Crippen LogP contribution in [0.2, 0.25) is 0 Å². The number of rotatable bonds is 3. The number of nitrogens with one attached hydrogen (secondary N) is 1. The van der Waals surface area contributed by atoms with Crippen LogP contribution in [0.3, 0.4) is 0 Å². The Morgan fingerprint density at radius 2 is 1.92 bits per heavy atom. The lowest BCUT2D eigenvalue weighted by Gasteiger charge is -2.47. The van der Waals surface area contributed by atoms with Gasteiger partial charge in [0.2, 0.25) is 0 Å². The maximum Gasteiger partial charge on any atom is 0.279 e. The molecular weight excluding hydrogens is 192 g/mol. The zero-order valence-corrected chi connectivity index (χ0v) is 8.93. The van der Waals surface area contributed by atoms with Gasteiger partial charge >= 0.3 is 0 Å². The minimum absolute atomic E-state index is 0.0795. The zero-order valence-electron chi connectivity index (χ0n) is 8.11. The maximum absolute atomic E-state index is 11.2. The van der Waals surface area contributed by atoms with Crippen molar-refractivity contribution in [2.75, 3.05) is 20.1 Å². The highest BCUT2D eigenvalue weighted by Gasteiger charge is 2.48. The van der Waals surface area contributed by atoms with Crippen molar-refractivity contribution >= 4 is 10.2 Å². The fourth-order valence-electron chi connectivity index (χ4n) is 1.23. The van der Waals surface area contributed by atoms with Gasteiger partial charge in [-0.25, -0.2) is 4.72 Å². The molecule has 1 aliphatic heterocycles. The van der Waals surface area contributed by atoms with Crippen LogP contribution in [0, 0.1) is 5.92 Å². The second-order valence-electron chi connectivity index (χ2n) is 3.74. The first-order valence-corrected chi connectivity index (χ1v) is 5.67. The minimum atomic E-state index is -3.34. The minimum Gasteiger partial charge on any atom is -0.387 e. The summed E-state index contributed by atoms with van der Waals surface area (Å²) in [7, 11) is -1.98. The number of nitrogens with zero attached hydrogens (tertiary/aromatic N) is 1. The van der Waals surface area contributed by atoms with Crippen molar-refractivity contribution in [1.29, 1.82) is 0 Å². The highest BCUT2D eigenvalue weighted by molar-refractivity contribution is 7.87. The molecule has 1 fully saturated rings. The van der Waals surface area contributed by atoms with Gasteiger partial charge in [0.1, 0.15) is 0 Å². The second-order valence-corrected chi connectivity index (χ2v) is 5.61. The van der Waals surface area contributed by atoms with E-state index in [0.717, 1.165) is 0 Å². The van der Waals surface area contributed by atoms with E-state index in [0.29, 0.717) is 0 Å². The van der Waals surface area contributed by atoms with Crippen LogP contribution in [-0.2, 0) is 10.2 Å². The highest BCUT2D eigenvalue weighted by Crippen LogP contribution is 2.29. The molecule has 0 atom stereocenters. The van der Waals surface area contributed by atoms with E-state index in [1.165, 1.54) is 11.4 Å². The van der Waals surface area contributed by atoms with E-state index in [4.69, 9.17) is 0 Å². The van der Waals surface area contributed by atoms with Crippen molar-refractivity contribution in [2.45, 2.75) is 19.4 Å². The van der Waals surface area contributed by atoms with Gasteiger partial charge in [-0.1, -0.05) is 13.8 Å². The van der Waals surface area contributed by atoms with E-state index < -0.39 is 15.8 Å². The van der Waals surface area contributed by atoms with E-state index >= 15 is 0 Å².